The quantitative estimate of drug-likeness (QED) is 0.134. The molecule has 1 saturated heterocycles. The lowest BCUT2D eigenvalue weighted by Gasteiger charge is -2.35. The molecule has 40 heavy (non-hydrogen) atoms. The summed E-state index contributed by atoms with van der Waals surface area (Å²) >= 11 is 0. The first kappa shape index (κ1) is 31.4. The zero-order chi connectivity index (χ0) is 28.2. The number of aromatic nitrogens is 2. The molecule has 2 aliphatic carbocycles. The number of rotatable bonds is 15. The average Bonchev–Trinajstić information content (AvgIpc) is 2.94. The molecule has 0 spiro atoms. The van der Waals surface area contributed by atoms with E-state index in [1.807, 2.05) is 6.07 Å². The van der Waals surface area contributed by atoms with Crippen LogP contribution in [0.2, 0.25) is 0 Å². The zero-order valence-corrected chi connectivity index (χ0v) is 25.2. The summed E-state index contributed by atoms with van der Waals surface area (Å²) in [6, 6.07) is 2.60. The van der Waals surface area contributed by atoms with Crippen LogP contribution >= 0.6 is 7.60 Å². The largest absolute Gasteiger partial charge is 0.383 e. The topological polar surface area (TPSA) is 152 Å². The van der Waals surface area contributed by atoms with E-state index in [0.717, 1.165) is 70.1 Å². The summed E-state index contributed by atoms with van der Waals surface area (Å²) in [6.07, 6.45) is 13.6. The second-order valence-electron chi connectivity index (χ2n) is 12.2. The predicted molar refractivity (Wildman–Crippen MR) is 163 cm³/mol. The van der Waals surface area contributed by atoms with Crippen LogP contribution in [0.25, 0.3) is 0 Å². The number of nitrogens with zero attached hydrogens (tertiary/aromatic N) is 4. The van der Waals surface area contributed by atoms with Crippen molar-refractivity contribution < 1.29 is 14.4 Å². The minimum Gasteiger partial charge on any atom is -0.383 e. The summed E-state index contributed by atoms with van der Waals surface area (Å²) in [4.78, 5) is 31.8. The highest BCUT2D eigenvalue weighted by atomic mass is 31.2. The SMILES string of the molecule is Nc1cc(N2CCN(CCCP(=O)(O)O)CC2)nc(NCC2CCC(CNCCCNC3CCCCC3)CC2)n1. The fraction of sp³-hybridized carbons (Fsp3) is 0.857. The van der Waals surface area contributed by atoms with Crippen LogP contribution in [-0.4, -0.2) is 95.8 Å². The molecule has 2 saturated carbocycles. The summed E-state index contributed by atoms with van der Waals surface area (Å²) in [6.45, 7) is 8.26. The van der Waals surface area contributed by atoms with Crippen LogP contribution in [0.1, 0.15) is 70.6 Å². The fourth-order valence-corrected chi connectivity index (χ4v) is 6.96. The molecule has 0 unspecified atom stereocenters. The van der Waals surface area contributed by atoms with Crippen LogP contribution < -0.4 is 26.6 Å². The predicted octanol–water partition coefficient (Wildman–Crippen LogP) is 2.87. The first-order chi connectivity index (χ1) is 19.3. The lowest BCUT2D eigenvalue weighted by Crippen LogP contribution is -2.47. The molecule has 0 amide bonds. The molecule has 1 aliphatic heterocycles. The number of nitrogen functional groups attached to an aromatic ring is 1. The number of nitrogens with two attached hydrogens (primary N) is 1. The molecule has 12 heteroatoms. The first-order valence-corrected chi connectivity index (χ1v) is 17.5. The van der Waals surface area contributed by atoms with Crippen molar-refractivity contribution >= 4 is 25.2 Å². The standard InChI is InChI=1S/C28H53N8O3P/c29-26-20-27(36-17-15-35(16-18-36)14-5-19-40(37,38)39)34-28(33-26)32-22-24-10-8-23(9-11-24)21-30-12-4-13-31-25-6-2-1-3-7-25/h20,23-25,30-31H,1-19,21-22H2,(H2,37,38,39)(H3,29,32,33,34). The Balaban J connectivity index is 1.08. The molecule has 3 aliphatic rings. The Kier molecular flexibility index (Phi) is 12.8. The van der Waals surface area contributed by atoms with Crippen LogP contribution in [-0.2, 0) is 4.57 Å². The Morgan fingerprint density at radius 3 is 2.30 bits per heavy atom. The minimum absolute atomic E-state index is 0.0541. The third kappa shape index (κ3) is 11.4. The van der Waals surface area contributed by atoms with Crippen molar-refractivity contribution in [1.82, 2.24) is 25.5 Å². The number of piperazine rings is 1. The molecule has 0 atom stereocenters. The van der Waals surface area contributed by atoms with E-state index in [4.69, 9.17) is 20.5 Å². The first-order valence-electron chi connectivity index (χ1n) is 15.7. The van der Waals surface area contributed by atoms with Gasteiger partial charge in [0.25, 0.3) is 0 Å². The van der Waals surface area contributed by atoms with Gasteiger partial charge in [-0.2, -0.15) is 9.97 Å². The van der Waals surface area contributed by atoms with Gasteiger partial charge in [0.05, 0.1) is 6.16 Å². The molecular weight excluding hydrogens is 527 g/mol. The zero-order valence-electron chi connectivity index (χ0n) is 24.3. The molecule has 2 heterocycles. The van der Waals surface area contributed by atoms with E-state index in [0.29, 0.717) is 30.6 Å². The number of nitrogens with one attached hydrogen (secondary N) is 3. The summed E-state index contributed by atoms with van der Waals surface area (Å²) in [5, 5.41) is 10.9. The molecule has 1 aromatic rings. The molecule has 11 nitrogen and oxygen atoms in total. The van der Waals surface area contributed by atoms with Crippen LogP contribution in [0.3, 0.4) is 0 Å². The molecular formula is C28H53N8O3P. The molecule has 228 valence electrons. The maximum atomic E-state index is 11.1. The summed E-state index contributed by atoms with van der Waals surface area (Å²) in [5.74, 6) is 3.34. The Morgan fingerprint density at radius 2 is 1.60 bits per heavy atom. The van der Waals surface area contributed by atoms with Crippen molar-refractivity contribution in [3.05, 3.63) is 6.07 Å². The molecule has 0 bridgehead atoms. The Labute approximate surface area is 240 Å². The van der Waals surface area contributed by atoms with Gasteiger partial charge in [-0.1, -0.05) is 19.3 Å². The molecule has 1 aromatic heterocycles. The second-order valence-corrected chi connectivity index (χ2v) is 13.9. The average molecular weight is 581 g/mol. The minimum atomic E-state index is -3.92. The third-order valence-corrected chi connectivity index (χ3v) is 9.77. The van der Waals surface area contributed by atoms with E-state index in [2.05, 4.69) is 30.7 Å². The van der Waals surface area contributed by atoms with Gasteiger partial charge >= 0.3 is 7.60 Å². The maximum Gasteiger partial charge on any atom is 0.325 e. The van der Waals surface area contributed by atoms with E-state index >= 15 is 0 Å². The molecule has 0 aromatic carbocycles. The smallest absolute Gasteiger partial charge is 0.325 e. The number of anilines is 3. The van der Waals surface area contributed by atoms with E-state index < -0.39 is 7.60 Å². The van der Waals surface area contributed by atoms with Crippen LogP contribution in [0, 0.1) is 11.8 Å². The lowest BCUT2D eigenvalue weighted by atomic mass is 9.82. The molecule has 3 fully saturated rings. The van der Waals surface area contributed by atoms with Crippen LogP contribution in [0.15, 0.2) is 6.07 Å². The van der Waals surface area contributed by atoms with Gasteiger partial charge in [0.1, 0.15) is 11.6 Å². The molecule has 7 N–H and O–H groups in total. The van der Waals surface area contributed by atoms with Crippen molar-refractivity contribution in [1.29, 1.82) is 0 Å². The van der Waals surface area contributed by atoms with Gasteiger partial charge in [-0.05, 0) is 89.4 Å². The van der Waals surface area contributed by atoms with E-state index in [1.165, 1.54) is 64.2 Å². The van der Waals surface area contributed by atoms with Gasteiger partial charge in [-0.25, -0.2) is 0 Å². The summed E-state index contributed by atoms with van der Waals surface area (Å²) < 4.78 is 11.1. The highest BCUT2D eigenvalue weighted by Crippen LogP contribution is 2.35. The normalized spacial score (nSPS) is 23.4. The van der Waals surface area contributed by atoms with Crippen molar-refractivity contribution in [2.75, 3.05) is 81.0 Å². The maximum absolute atomic E-state index is 11.1. The number of hydrogen-bond acceptors (Lipinski definition) is 9. The van der Waals surface area contributed by atoms with E-state index in [-0.39, 0.29) is 6.16 Å². The van der Waals surface area contributed by atoms with Gasteiger partial charge in [0, 0.05) is 44.8 Å². The van der Waals surface area contributed by atoms with E-state index in [1.54, 1.807) is 0 Å². The lowest BCUT2D eigenvalue weighted by molar-refractivity contribution is 0.256. The Hall–Kier alpha value is -1.49. The van der Waals surface area contributed by atoms with Gasteiger partial charge in [-0.15, -0.1) is 0 Å². The van der Waals surface area contributed by atoms with Gasteiger partial charge in [-0.3, -0.25) is 9.46 Å². The second kappa shape index (κ2) is 16.2. The number of hydrogen-bond donors (Lipinski definition) is 6. The highest BCUT2D eigenvalue weighted by Gasteiger charge is 2.23. The summed E-state index contributed by atoms with van der Waals surface area (Å²) in [5.41, 5.74) is 6.13. The van der Waals surface area contributed by atoms with Crippen molar-refractivity contribution in [2.24, 2.45) is 11.8 Å². The summed E-state index contributed by atoms with van der Waals surface area (Å²) in [7, 11) is -3.92. The Bertz CT molecular complexity index is 913. The fourth-order valence-electron chi connectivity index (χ4n) is 6.40. The monoisotopic (exact) mass is 580 g/mol. The van der Waals surface area contributed by atoms with E-state index in [9.17, 15) is 4.57 Å². The third-order valence-electron chi connectivity index (χ3n) is 8.87. The van der Waals surface area contributed by atoms with Crippen molar-refractivity contribution in [3.8, 4) is 0 Å². The van der Waals surface area contributed by atoms with Crippen LogP contribution in [0.4, 0.5) is 17.6 Å². The van der Waals surface area contributed by atoms with Gasteiger partial charge in [0.15, 0.2) is 0 Å². The van der Waals surface area contributed by atoms with Gasteiger partial charge < -0.3 is 36.4 Å². The molecule has 0 radical (unpaired) electrons. The van der Waals surface area contributed by atoms with Gasteiger partial charge in [0.2, 0.25) is 5.95 Å². The Morgan fingerprint density at radius 1 is 0.900 bits per heavy atom. The highest BCUT2D eigenvalue weighted by molar-refractivity contribution is 7.51. The molecule has 4 rings (SSSR count). The van der Waals surface area contributed by atoms with Crippen molar-refractivity contribution in [3.63, 3.8) is 0 Å². The van der Waals surface area contributed by atoms with Crippen molar-refractivity contribution in [2.45, 2.75) is 76.7 Å². The van der Waals surface area contributed by atoms with Crippen LogP contribution in [0.5, 0.6) is 0 Å².